The van der Waals surface area contributed by atoms with Crippen molar-refractivity contribution in [1.82, 2.24) is 19.9 Å². The van der Waals surface area contributed by atoms with E-state index in [0.717, 1.165) is 5.69 Å². The first kappa shape index (κ1) is 16.1. The second kappa shape index (κ2) is 5.55. The minimum Gasteiger partial charge on any atom is -0.365 e. The molecule has 8 nitrogen and oxygen atoms in total. The van der Waals surface area contributed by atoms with Crippen molar-refractivity contribution >= 4 is 21.7 Å². The smallest absolute Gasteiger partial charge is 0.233 e. The minimum absolute atomic E-state index is 0.0727. The zero-order valence-corrected chi connectivity index (χ0v) is 14.7. The van der Waals surface area contributed by atoms with E-state index in [2.05, 4.69) is 15.0 Å². The van der Waals surface area contributed by atoms with Gasteiger partial charge in [-0.1, -0.05) is 0 Å². The molecule has 0 bridgehead atoms. The van der Waals surface area contributed by atoms with Gasteiger partial charge in [0.1, 0.15) is 0 Å². The molecule has 25 heavy (non-hydrogen) atoms. The Morgan fingerprint density at radius 2 is 2.04 bits per heavy atom. The van der Waals surface area contributed by atoms with E-state index < -0.39 is 15.4 Å². The number of fused-ring (bicyclic) bond motifs is 2. The first-order chi connectivity index (χ1) is 11.9. The van der Waals surface area contributed by atoms with E-state index in [-0.39, 0.29) is 5.91 Å². The van der Waals surface area contributed by atoms with Gasteiger partial charge in [-0.15, -0.1) is 0 Å². The third-order valence-electron chi connectivity index (χ3n) is 4.87. The first-order valence-corrected chi connectivity index (χ1v) is 9.93. The number of nitrogens with one attached hydrogen (secondary N) is 1. The number of rotatable bonds is 4. The Hall–Kier alpha value is -2.42. The number of aromatic nitrogens is 3. The van der Waals surface area contributed by atoms with Crippen LogP contribution in [0.25, 0.3) is 0 Å². The molecule has 2 aromatic rings. The number of amides is 1. The second-order valence-electron chi connectivity index (χ2n) is 6.72. The van der Waals surface area contributed by atoms with Gasteiger partial charge in [-0.2, -0.15) is 0 Å². The molecule has 1 fully saturated rings. The third kappa shape index (κ3) is 2.68. The number of hydrogen-bond donors (Lipinski definition) is 1. The molecular weight excluding hydrogens is 342 g/mol. The van der Waals surface area contributed by atoms with Crippen LogP contribution in [0.3, 0.4) is 0 Å². The zero-order chi connectivity index (χ0) is 17.7. The van der Waals surface area contributed by atoms with Crippen LogP contribution >= 0.6 is 0 Å². The summed E-state index contributed by atoms with van der Waals surface area (Å²) in [5, 5.41) is 0. The quantitative estimate of drug-likeness (QED) is 0.844. The molecule has 0 unspecified atom stereocenters. The fourth-order valence-electron chi connectivity index (χ4n) is 3.62. The van der Waals surface area contributed by atoms with E-state index in [1.165, 1.54) is 16.8 Å². The maximum atomic E-state index is 12.4. The van der Waals surface area contributed by atoms with Crippen LogP contribution in [0.2, 0.25) is 0 Å². The topological polar surface area (TPSA) is 99.3 Å². The number of aromatic amines is 1. The van der Waals surface area contributed by atoms with Gasteiger partial charge in [-0.25, -0.2) is 13.4 Å². The van der Waals surface area contributed by atoms with Crippen LogP contribution in [-0.4, -0.2) is 60.1 Å². The lowest BCUT2D eigenvalue weighted by molar-refractivity contribution is -0.138. The monoisotopic (exact) mass is 361 g/mol. The summed E-state index contributed by atoms with van der Waals surface area (Å²) in [6.07, 6.45) is 7.17. The molecule has 1 saturated heterocycles. The summed E-state index contributed by atoms with van der Waals surface area (Å²) in [5.41, 5.74) is 1.27. The SMILES string of the molecule is CS(=O)(=O)N1CC2(CN(C(=O)CCc3ccc[nH]3)C2)c2nccnc21. The van der Waals surface area contributed by atoms with E-state index in [1.54, 1.807) is 11.1 Å². The molecule has 4 rings (SSSR count). The average Bonchev–Trinajstić information content (AvgIpc) is 3.16. The van der Waals surface area contributed by atoms with Crippen LogP contribution in [0.5, 0.6) is 0 Å². The Bertz CT molecular complexity index is 904. The van der Waals surface area contributed by atoms with Gasteiger partial charge in [0.2, 0.25) is 15.9 Å². The summed E-state index contributed by atoms with van der Waals surface area (Å²) in [4.78, 5) is 25.8. The summed E-state index contributed by atoms with van der Waals surface area (Å²) >= 11 is 0. The highest BCUT2D eigenvalue weighted by Gasteiger charge is 2.56. The van der Waals surface area contributed by atoms with Gasteiger partial charge in [0.05, 0.1) is 23.9 Å². The summed E-state index contributed by atoms with van der Waals surface area (Å²) in [6.45, 7) is 1.26. The highest BCUT2D eigenvalue weighted by Crippen LogP contribution is 2.45. The molecule has 1 spiro atoms. The molecule has 2 aliphatic heterocycles. The number of sulfonamides is 1. The van der Waals surface area contributed by atoms with Gasteiger partial charge in [0.15, 0.2) is 5.82 Å². The maximum absolute atomic E-state index is 12.4. The molecule has 2 aliphatic rings. The lowest BCUT2D eigenvalue weighted by atomic mass is 9.78. The van der Waals surface area contributed by atoms with Crippen LogP contribution in [0, 0.1) is 0 Å². The van der Waals surface area contributed by atoms with E-state index in [0.29, 0.717) is 44.0 Å². The lowest BCUT2D eigenvalue weighted by Crippen LogP contribution is -2.63. The number of aryl methyl sites for hydroxylation is 1. The zero-order valence-electron chi connectivity index (χ0n) is 13.8. The summed E-state index contributed by atoms with van der Waals surface area (Å²) in [7, 11) is -3.42. The van der Waals surface area contributed by atoms with Crippen LogP contribution in [0.4, 0.5) is 5.82 Å². The van der Waals surface area contributed by atoms with E-state index in [9.17, 15) is 13.2 Å². The van der Waals surface area contributed by atoms with Gasteiger partial charge in [0, 0.05) is 43.8 Å². The summed E-state index contributed by atoms with van der Waals surface area (Å²) in [5.74, 6) is 0.465. The number of carbonyl (C=O) groups is 1. The second-order valence-corrected chi connectivity index (χ2v) is 8.63. The normalized spacial score (nSPS) is 18.3. The van der Waals surface area contributed by atoms with Gasteiger partial charge in [-0.3, -0.25) is 14.1 Å². The van der Waals surface area contributed by atoms with Gasteiger partial charge in [-0.05, 0) is 18.6 Å². The Balaban J connectivity index is 1.47. The van der Waals surface area contributed by atoms with E-state index in [1.807, 2.05) is 18.3 Å². The molecule has 0 saturated carbocycles. The number of H-pyrrole nitrogens is 1. The van der Waals surface area contributed by atoms with E-state index in [4.69, 9.17) is 0 Å². The fourth-order valence-corrected chi connectivity index (χ4v) is 4.55. The highest BCUT2D eigenvalue weighted by atomic mass is 32.2. The van der Waals surface area contributed by atoms with Crippen molar-refractivity contribution < 1.29 is 13.2 Å². The molecule has 9 heteroatoms. The number of nitrogens with zero attached hydrogens (tertiary/aromatic N) is 4. The van der Waals surface area contributed by atoms with Crippen molar-refractivity contribution in [1.29, 1.82) is 0 Å². The van der Waals surface area contributed by atoms with Crippen molar-refractivity contribution in [2.75, 3.05) is 30.2 Å². The summed E-state index contributed by atoms with van der Waals surface area (Å²) < 4.78 is 25.4. The molecule has 0 aromatic carbocycles. The summed E-state index contributed by atoms with van der Waals surface area (Å²) in [6, 6.07) is 3.87. The van der Waals surface area contributed by atoms with Gasteiger partial charge >= 0.3 is 0 Å². The maximum Gasteiger partial charge on any atom is 0.233 e. The number of likely N-dealkylation sites (tertiary alicyclic amines) is 1. The molecule has 132 valence electrons. The molecule has 1 amide bonds. The molecule has 1 N–H and O–H groups in total. The van der Waals surface area contributed by atoms with Crippen LogP contribution in [0.15, 0.2) is 30.7 Å². The van der Waals surface area contributed by atoms with Gasteiger partial charge < -0.3 is 9.88 Å². The molecule has 4 heterocycles. The van der Waals surface area contributed by atoms with Gasteiger partial charge in [0.25, 0.3) is 0 Å². The van der Waals surface area contributed by atoms with Crippen molar-refractivity contribution in [3.8, 4) is 0 Å². The standard InChI is InChI=1S/C16H19N5O3S/c1-25(23,24)21-11-16(14-15(21)19-8-7-18-14)9-20(10-16)13(22)5-4-12-3-2-6-17-12/h2-3,6-8,17H,4-5,9-11H2,1H3. The predicted octanol–water partition coefficient (Wildman–Crippen LogP) is 0.297. The molecule has 0 aliphatic carbocycles. The van der Waals surface area contributed by atoms with Crippen LogP contribution in [0.1, 0.15) is 17.8 Å². The van der Waals surface area contributed by atoms with Crippen LogP contribution in [-0.2, 0) is 26.7 Å². The third-order valence-corrected chi connectivity index (χ3v) is 5.98. The predicted molar refractivity (Wildman–Crippen MR) is 91.6 cm³/mol. The van der Waals surface area contributed by atoms with Crippen molar-refractivity contribution in [2.45, 2.75) is 18.3 Å². The number of hydrogen-bond acceptors (Lipinski definition) is 5. The molecule has 0 radical (unpaired) electrons. The lowest BCUT2D eigenvalue weighted by Gasteiger charge is -2.47. The fraction of sp³-hybridized carbons (Fsp3) is 0.438. The molecule has 0 atom stereocenters. The Morgan fingerprint density at radius 3 is 2.72 bits per heavy atom. The number of anilines is 1. The van der Waals surface area contributed by atoms with Crippen molar-refractivity contribution in [3.05, 3.63) is 42.1 Å². The molecule has 2 aromatic heterocycles. The van der Waals surface area contributed by atoms with Crippen molar-refractivity contribution in [2.24, 2.45) is 0 Å². The first-order valence-electron chi connectivity index (χ1n) is 8.08. The number of carbonyl (C=O) groups excluding carboxylic acids is 1. The largest absolute Gasteiger partial charge is 0.365 e. The Kier molecular flexibility index (Phi) is 3.57. The average molecular weight is 361 g/mol. The van der Waals surface area contributed by atoms with Crippen LogP contribution < -0.4 is 4.31 Å². The van der Waals surface area contributed by atoms with Crippen molar-refractivity contribution in [3.63, 3.8) is 0 Å². The van der Waals surface area contributed by atoms with E-state index >= 15 is 0 Å². The molecular formula is C16H19N5O3S. The Labute approximate surface area is 145 Å². The Morgan fingerprint density at radius 1 is 1.28 bits per heavy atom. The highest BCUT2D eigenvalue weighted by molar-refractivity contribution is 7.92. The minimum atomic E-state index is -3.42.